The number of hydrogen-bond acceptors (Lipinski definition) is 3. The highest BCUT2D eigenvalue weighted by molar-refractivity contribution is 7.92. The lowest BCUT2D eigenvalue weighted by Gasteiger charge is -2.05. The van der Waals surface area contributed by atoms with Crippen molar-refractivity contribution in [3.63, 3.8) is 0 Å². The summed E-state index contributed by atoms with van der Waals surface area (Å²) in [5, 5.41) is 7.56. The monoisotopic (exact) mass is 209 g/mol. The smallest absolute Gasteiger partial charge is 0.194 e. The maximum atomic E-state index is 11.7. The van der Waals surface area contributed by atoms with Crippen molar-refractivity contribution >= 4 is 9.84 Å². The van der Waals surface area contributed by atoms with Gasteiger partial charge in [-0.2, -0.15) is 5.26 Å². The van der Waals surface area contributed by atoms with E-state index in [1.165, 1.54) is 19.1 Å². The van der Waals surface area contributed by atoms with E-state index in [4.69, 9.17) is 5.26 Å². The molecule has 1 aromatic rings. The summed E-state index contributed by atoms with van der Waals surface area (Å²) < 4.78 is 23.3. The van der Waals surface area contributed by atoms with Gasteiger partial charge in [-0.15, -0.1) is 0 Å². The Bertz CT molecular complexity index is 454. The molecule has 0 heterocycles. The minimum atomic E-state index is -3.47. The highest BCUT2D eigenvalue weighted by Gasteiger charge is 2.22. The Labute approximate surface area is 83.9 Å². The molecule has 0 unspecified atom stereocenters. The Morgan fingerprint density at radius 2 is 1.79 bits per heavy atom. The van der Waals surface area contributed by atoms with E-state index in [1.807, 2.05) is 6.92 Å². The number of nitriles is 1. The molecule has 0 N–H and O–H groups in total. The van der Waals surface area contributed by atoms with Crippen molar-refractivity contribution in [2.45, 2.75) is 24.0 Å². The van der Waals surface area contributed by atoms with Gasteiger partial charge in [-0.25, -0.2) is 8.42 Å². The second-order valence-corrected chi connectivity index (χ2v) is 5.40. The molecule has 0 bridgehead atoms. The van der Waals surface area contributed by atoms with Gasteiger partial charge in [-0.05, 0) is 26.0 Å². The predicted molar refractivity (Wildman–Crippen MR) is 53.4 cm³/mol. The highest BCUT2D eigenvalue weighted by atomic mass is 32.2. The zero-order valence-electron chi connectivity index (χ0n) is 8.06. The third kappa shape index (κ3) is 1.94. The van der Waals surface area contributed by atoms with E-state index < -0.39 is 15.1 Å². The Morgan fingerprint density at radius 1 is 1.29 bits per heavy atom. The zero-order valence-corrected chi connectivity index (χ0v) is 8.88. The van der Waals surface area contributed by atoms with Crippen molar-refractivity contribution in [1.82, 2.24) is 0 Å². The van der Waals surface area contributed by atoms with Gasteiger partial charge < -0.3 is 0 Å². The Hall–Kier alpha value is -1.34. The number of benzene rings is 1. The summed E-state index contributed by atoms with van der Waals surface area (Å²) in [5.74, 6) is 0. The number of aryl methyl sites for hydroxylation is 1. The maximum Gasteiger partial charge on any atom is 0.194 e. The molecule has 1 atom stereocenters. The third-order valence-corrected chi connectivity index (χ3v) is 3.96. The van der Waals surface area contributed by atoms with E-state index in [1.54, 1.807) is 18.2 Å². The molecule has 74 valence electrons. The van der Waals surface area contributed by atoms with Gasteiger partial charge in [-0.1, -0.05) is 17.7 Å². The van der Waals surface area contributed by atoms with E-state index >= 15 is 0 Å². The van der Waals surface area contributed by atoms with Crippen LogP contribution in [-0.4, -0.2) is 13.7 Å². The van der Waals surface area contributed by atoms with Gasteiger partial charge in [0, 0.05) is 0 Å². The molecule has 1 aromatic carbocycles. The lowest BCUT2D eigenvalue weighted by atomic mass is 10.2. The molecule has 0 aliphatic heterocycles. The highest BCUT2D eigenvalue weighted by Crippen LogP contribution is 2.15. The minimum absolute atomic E-state index is 0.206. The van der Waals surface area contributed by atoms with Crippen molar-refractivity contribution in [1.29, 1.82) is 5.26 Å². The van der Waals surface area contributed by atoms with E-state index in [0.29, 0.717) is 0 Å². The topological polar surface area (TPSA) is 57.9 Å². The Balaban J connectivity index is 3.19. The largest absolute Gasteiger partial charge is 0.222 e. The van der Waals surface area contributed by atoms with Crippen molar-refractivity contribution < 1.29 is 8.42 Å². The van der Waals surface area contributed by atoms with Crippen LogP contribution in [-0.2, 0) is 9.84 Å². The average Bonchev–Trinajstić information content (AvgIpc) is 2.17. The molecule has 0 amide bonds. The maximum absolute atomic E-state index is 11.7. The Morgan fingerprint density at radius 3 is 2.21 bits per heavy atom. The van der Waals surface area contributed by atoms with Crippen LogP contribution in [0.25, 0.3) is 0 Å². The number of hydrogen-bond donors (Lipinski definition) is 0. The first-order chi connectivity index (χ1) is 6.48. The standard InChI is InChI=1S/C10H11NO2S/c1-8-3-5-10(6-4-8)14(12,13)9(2)7-11/h3-6,9H,1-2H3/t9-/m1/s1. The molecule has 4 heteroatoms. The average molecular weight is 209 g/mol. The molecule has 1 rings (SSSR count). The van der Waals surface area contributed by atoms with Gasteiger partial charge in [0.25, 0.3) is 0 Å². The third-order valence-electron chi connectivity index (χ3n) is 2.00. The predicted octanol–water partition coefficient (Wildman–Crippen LogP) is 1.68. The van der Waals surface area contributed by atoms with Gasteiger partial charge in [0.15, 0.2) is 9.84 Å². The van der Waals surface area contributed by atoms with Crippen molar-refractivity contribution in [3.05, 3.63) is 29.8 Å². The fraction of sp³-hybridized carbons (Fsp3) is 0.300. The second-order valence-electron chi connectivity index (χ2n) is 3.13. The first-order valence-corrected chi connectivity index (χ1v) is 5.73. The quantitative estimate of drug-likeness (QED) is 0.744. The summed E-state index contributed by atoms with van der Waals surface area (Å²) in [6, 6.07) is 8.22. The Kier molecular flexibility index (Phi) is 2.92. The molecule has 0 aliphatic rings. The summed E-state index contributed by atoms with van der Waals surface area (Å²) in [7, 11) is -3.47. The van der Waals surface area contributed by atoms with Crippen LogP contribution in [0.4, 0.5) is 0 Å². The van der Waals surface area contributed by atoms with Crippen LogP contribution in [0.2, 0.25) is 0 Å². The SMILES string of the molecule is Cc1ccc(S(=O)(=O)[C@H](C)C#N)cc1. The molecule has 3 nitrogen and oxygen atoms in total. The first-order valence-electron chi connectivity index (χ1n) is 4.18. The van der Waals surface area contributed by atoms with Gasteiger partial charge >= 0.3 is 0 Å². The van der Waals surface area contributed by atoms with Crippen LogP contribution >= 0.6 is 0 Å². The van der Waals surface area contributed by atoms with Crippen LogP contribution in [0, 0.1) is 18.3 Å². The lowest BCUT2D eigenvalue weighted by Crippen LogP contribution is -2.15. The van der Waals surface area contributed by atoms with E-state index in [-0.39, 0.29) is 4.90 Å². The van der Waals surface area contributed by atoms with Crippen molar-refractivity contribution in [2.24, 2.45) is 0 Å². The second kappa shape index (κ2) is 3.81. The number of rotatable bonds is 2. The molecule has 14 heavy (non-hydrogen) atoms. The van der Waals surface area contributed by atoms with Crippen LogP contribution < -0.4 is 0 Å². The van der Waals surface area contributed by atoms with Crippen LogP contribution in [0.15, 0.2) is 29.2 Å². The molecular formula is C10H11NO2S. The molecule has 0 saturated heterocycles. The normalized spacial score (nSPS) is 13.2. The summed E-state index contributed by atoms with van der Waals surface area (Å²) in [4.78, 5) is 0.206. The van der Waals surface area contributed by atoms with Gasteiger partial charge in [0.1, 0.15) is 5.25 Å². The zero-order chi connectivity index (χ0) is 10.8. The van der Waals surface area contributed by atoms with Crippen LogP contribution in [0.3, 0.4) is 0 Å². The van der Waals surface area contributed by atoms with E-state index in [2.05, 4.69) is 0 Å². The van der Waals surface area contributed by atoms with Crippen molar-refractivity contribution in [2.75, 3.05) is 0 Å². The summed E-state index contributed by atoms with van der Waals surface area (Å²) in [5.41, 5.74) is 0.994. The molecule has 0 aliphatic carbocycles. The molecule has 0 fully saturated rings. The molecule has 0 spiro atoms. The van der Waals surface area contributed by atoms with Crippen molar-refractivity contribution in [3.8, 4) is 6.07 Å². The number of nitrogens with zero attached hydrogens (tertiary/aromatic N) is 1. The van der Waals surface area contributed by atoms with E-state index in [9.17, 15) is 8.42 Å². The molecule has 0 aromatic heterocycles. The minimum Gasteiger partial charge on any atom is -0.222 e. The molecule has 0 radical (unpaired) electrons. The summed E-state index contributed by atoms with van der Waals surface area (Å²) in [6.07, 6.45) is 0. The van der Waals surface area contributed by atoms with Crippen LogP contribution in [0.1, 0.15) is 12.5 Å². The lowest BCUT2D eigenvalue weighted by molar-refractivity contribution is 0.592. The molecular weight excluding hydrogens is 198 g/mol. The van der Waals surface area contributed by atoms with E-state index in [0.717, 1.165) is 5.56 Å². The van der Waals surface area contributed by atoms with Gasteiger partial charge in [-0.3, -0.25) is 0 Å². The fourth-order valence-corrected chi connectivity index (χ4v) is 2.06. The van der Waals surface area contributed by atoms with Crippen LogP contribution in [0.5, 0.6) is 0 Å². The summed E-state index contributed by atoms with van der Waals surface area (Å²) >= 11 is 0. The first kappa shape index (κ1) is 10.7. The summed E-state index contributed by atoms with van der Waals surface area (Å²) in [6.45, 7) is 3.26. The van der Waals surface area contributed by atoms with Gasteiger partial charge in [0.2, 0.25) is 0 Å². The fourth-order valence-electron chi connectivity index (χ4n) is 1.00. The number of sulfone groups is 1. The molecule has 0 saturated carbocycles. The van der Waals surface area contributed by atoms with Gasteiger partial charge in [0.05, 0.1) is 11.0 Å².